The van der Waals surface area contributed by atoms with Crippen LogP contribution in [0.3, 0.4) is 0 Å². The van der Waals surface area contributed by atoms with Gasteiger partial charge in [-0.05, 0) is 36.8 Å². The van der Waals surface area contributed by atoms with Crippen LogP contribution in [-0.4, -0.2) is 22.8 Å². The third kappa shape index (κ3) is 4.30. The molecule has 0 aliphatic heterocycles. The lowest BCUT2D eigenvalue weighted by molar-refractivity contribution is -0.137. The van der Waals surface area contributed by atoms with Crippen molar-refractivity contribution in [2.24, 2.45) is 0 Å². The van der Waals surface area contributed by atoms with Gasteiger partial charge in [-0.3, -0.25) is 9.59 Å². The third-order valence-corrected chi connectivity index (χ3v) is 4.55. The van der Waals surface area contributed by atoms with E-state index in [0.717, 1.165) is 28.4 Å². The molecule has 3 aromatic rings. The van der Waals surface area contributed by atoms with E-state index in [1.165, 1.54) is 7.11 Å². The highest BCUT2D eigenvalue weighted by Gasteiger charge is 2.31. The number of aryl methyl sites for hydroxylation is 1. The van der Waals surface area contributed by atoms with Gasteiger partial charge >= 0.3 is 6.18 Å². The normalized spacial score (nSPS) is 11.3. The molecule has 1 amide bonds. The number of alkyl halides is 3. The number of hydrogen-bond acceptors (Lipinski definition) is 4. The second kappa shape index (κ2) is 8.19. The number of rotatable bonds is 4. The predicted octanol–water partition coefficient (Wildman–Crippen LogP) is 4.47. The number of methoxy groups -OCH3 is 1. The number of carbonyl (C=O) groups is 1. The molecule has 0 atom stereocenters. The highest BCUT2D eigenvalue weighted by Crippen LogP contribution is 2.34. The Kier molecular flexibility index (Phi) is 5.84. The summed E-state index contributed by atoms with van der Waals surface area (Å²) < 4.78 is 45.0. The maximum Gasteiger partial charge on any atom is 0.416 e. The number of carbonyl (C=O) groups excluding carboxylic acids is 1. The zero-order chi connectivity index (χ0) is 22.1. The standard InChI is InChI=1S/C20H15ClF3N3O3/c1-11-5-3-4-6-15(11)27-17(28)10-16(30-2)18(26-27)19(29)25-14-9-12(20(22,23)24)7-8-13(14)21/h3-10H,1-2H3,(H,25,29). The van der Waals surface area contributed by atoms with E-state index >= 15 is 0 Å². The Morgan fingerprint density at radius 1 is 1.17 bits per heavy atom. The zero-order valence-corrected chi connectivity index (χ0v) is 16.5. The lowest BCUT2D eigenvalue weighted by Gasteiger charge is -2.14. The molecule has 0 saturated heterocycles. The first-order valence-electron chi connectivity index (χ1n) is 8.54. The predicted molar refractivity (Wildman–Crippen MR) is 106 cm³/mol. The molecule has 1 heterocycles. The van der Waals surface area contributed by atoms with Gasteiger partial charge in [0.25, 0.3) is 11.5 Å². The number of ether oxygens (including phenoxy) is 1. The fraction of sp³-hybridized carbons (Fsp3) is 0.150. The summed E-state index contributed by atoms with van der Waals surface area (Å²) in [7, 11) is 1.24. The monoisotopic (exact) mass is 437 g/mol. The van der Waals surface area contributed by atoms with E-state index < -0.39 is 23.2 Å². The highest BCUT2D eigenvalue weighted by molar-refractivity contribution is 6.34. The van der Waals surface area contributed by atoms with Crippen LogP contribution in [0.2, 0.25) is 5.02 Å². The minimum atomic E-state index is -4.61. The van der Waals surface area contributed by atoms with Gasteiger partial charge in [-0.15, -0.1) is 0 Å². The number of aromatic nitrogens is 2. The van der Waals surface area contributed by atoms with Crippen LogP contribution in [0, 0.1) is 6.92 Å². The number of benzene rings is 2. The molecule has 2 aromatic carbocycles. The average molecular weight is 438 g/mol. The van der Waals surface area contributed by atoms with Crippen molar-refractivity contribution in [1.29, 1.82) is 0 Å². The van der Waals surface area contributed by atoms with Gasteiger partial charge in [0.15, 0.2) is 11.4 Å². The maximum absolute atomic E-state index is 13.0. The molecule has 0 fully saturated rings. The molecule has 0 spiro atoms. The summed E-state index contributed by atoms with van der Waals surface area (Å²) in [6.07, 6.45) is -4.61. The molecular weight excluding hydrogens is 423 g/mol. The van der Waals surface area contributed by atoms with Crippen molar-refractivity contribution < 1.29 is 22.7 Å². The Balaban J connectivity index is 2.06. The first-order valence-corrected chi connectivity index (χ1v) is 8.92. The van der Waals surface area contributed by atoms with E-state index in [9.17, 15) is 22.8 Å². The summed E-state index contributed by atoms with van der Waals surface area (Å²) in [5.74, 6) is -1.03. The molecular formula is C20H15ClF3N3O3. The van der Waals surface area contributed by atoms with E-state index in [1.807, 2.05) is 0 Å². The molecule has 0 bridgehead atoms. The Labute approximate surface area is 173 Å². The summed E-state index contributed by atoms with van der Waals surface area (Å²) in [4.78, 5) is 25.2. The van der Waals surface area contributed by atoms with Crippen LogP contribution >= 0.6 is 11.6 Å². The molecule has 0 unspecified atom stereocenters. The summed E-state index contributed by atoms with van der Waals surface area (Å²) in [5, 5.41) is 6.28. The summed E-state index contributed by atoms with van der Waals surface area (Å²) in [6, 6.07) is 10.5. The summed E-state index contributed by atoms with van der Waals surface area (Å²) >= 11 is 5.94. The Morgan fingerprint density at radius 3 is 2.50 bits per heavy atom. The van der Waals surface area contributed by atoms with E-state index in [4.69, 9.17) is 16.3 Å². The number of nitrogens with zero attached hydrogens (tertiary/aromatic N) is 2. The minimum absolute atomic E-state index is 0.0949. The maximum atomic E-state index is 13.0. The molecule has 6 nitrogen and oxygen atoms in total. The van der Waals surface area contributed by atoms with Crippen LogP contribution in [0.1, 0.15) is 21.6 Å². The minimum Gasteiger partial charge on any atom is -0.494 e. The number of nitrogens with one attached hydrogen (secondary N) is 1. The van der Waals surface area contributed by atoms with Crippen LogP contribution in [0.25, 0.3) is 5.69 Å². The van der Waals surface area contributed by atoms with Gasteiger partial charge in [-0.25, -0.2) is 0 Å². The smallest absolute Gasteiger partial charge is 0.416 e. The molecule has 0 aliphatic rings. The van der Waals surface area contributed by atoms with E-state index in [-0.39, 0.29) is 22.2 Å². The molecule has 0 saturated carbocycles. The number of hydrogen-bond donors (Lipinski definition) is 1. The molecule has 3 rings (SSSR count). The fourth-order valence-electron chi connectivity index (χ4n) is 2.71. The molecule has 0 radical (unpaired) electrons. The van der Waals surface area contributed by atoms with E-state index in [0.29, 0.717) is 11.8 Å². The number of anilines is 1. The van der Waals surface area contributed by atoms with Crippen molar-refractivity contribution in [3.63, 3.8) is 0 Å². The van der Waals surface area contributed by atoms with Gasteiger partial charge in [-0.2, -0.15) is 23.0 Å². The largest absolute Gasteiger partial charge is 0.494 e. The van der Waals surface area contributed by atoms with Gasteiger partial charge in [-0.1, -0.05) is 29.8 Å². The molecule has 156 valence electrons. The molecule has 0 aliphatic carbocycles. The molecule has 30 heavy (non-hydrogen) atoms. The quantitative estimate of drug-likeness (QED) is 0.653. The lowest BCUT2D eigenvalue weighted by Crippen LogP contribution is -2.26. The van der Waals surface area contributed by atoms with Gasteiger partial charge < -0.3 is 10.1 Å². The van der Waals surface area contributed by atoms with Crippen LogP contribution in [0.5, 0.6) is 5.75 Å². The first kappa shape index (κ1) is 21.4. The number of para-hydroxylation sites is 1. The number of halogens is 4. The van der Waals surface area contributed by atoms with Gasteiger partial charge in [0.2, 0.25) is 0 Å². The molecule has 10 heteroatoms. The Bertz CT molecular complexity index is 1180. The lowest BCUT2D eigenvalue weighted by atomic mass is 10.2. The van der Waals surface area contributed by atoms with Crippen LogP contribution in [0.4, 0.5) is 18.9 Å². The summed E-state index contributed by atoms with van der Waals surface area (Å²) in [5.41, 5.74) is -0.912. The Hall–Kier alpha value is -3.33. The second-order valence-electron chi connectivity index (χ2n) is 6.24. The van der Waals surface area contributed by atoms with Gasteiger partial charge in [0, 0.05) is 0 Å². The van der Waals surface area contributed by atoms with Crippen LogP contribution < -0.4 is 15.6 Å². The number of amides is 1. The van der Waals surface area contributed by atoms with Crippen molar-refractivity contribution in [3.8, 4) is 11.4 Å². The molecule has 1 N–H and O–H groups in total. The van der Waals surface area contributed by atoms with Gasteiger partial charge in [0.1, 0.15) is 0 Å². The van der Waals surface area contributed by atoms with Crippen LogP contribution in [-0.2, 0) is 6.18 Å². The van der Waals surface area contributed by atoms with Crippen molar-refractivity contribution in [3.05, 3.63) is 80.7 Å². The van der Waals surface area contributed by atoms with E-state index in [1.54, 1.807) is 31.2 Å². The average Bonchev–Trinajstić information content (AvgIpc) is 2.69. The van der Waals surface area contributed by atoms with Crippen molar-refractivity contribution >= 4 is 23.2 Å². The topological polar surface area (TPSA) is 73.2 Å². The van der Waals surface area contributed by atoms with Crippen molar-refractivity contribution in [1.82, 2.24) is 9.78 Å². The second-order valence-corrected chi connectivity index (χ2v) is 6.65. The van der Waals surface area contributed by atoms with E-state index in [2.05, 4.69) is 10.4 Å². The SMILES string of the molecule is COc1cc(=O)n(-c2ccccc2C)nc1C(=O)Nc1cc(C(F)(F)F)ccc1Cl. The summed E-state index contributed by atoms with van der Waals surface area (Å²) in [6.45, 7) is 1.76. The molecule has 1 aromatic heterocycles. The fourth-order valence-corrected chi connectivity index (χ4v) is 2.87. The first-order chi connectivity index (χ1) is 14.1. The van der Waals surface area contributed by atoms with Gasteiger partial charge in [0.05, 0.1) is 35.1 Å². The van der Waals surface area contributed by atoms with Crippen molar-refractivity contribution in [2.45, 2.75) is 13.1 Å². The third-order valence-electron chi connectivity index (χ3n) is 4.22. The highest BCUT2D eigenvalue weighted by atomic mass is 35.5. The Morgan fingerprint density at radius 2 is 1.87 bits per heavy atom. The van der Waals surface area contributed by atoms with Crippen molar-refractivity contribution in [2.75, 3.05) is 12.4 Å². The van der Waals surface area contributed by atoms with Crippen LogP contribution in [0.15, 0.2) is 53.3 Å². The zero-order valence-electron chi connectivity index (χ0n) is 15.7.